The van der Waals surface area contributed by atoms with E-state index in [4.69, 9.17) is 11.6 Å². The highest BCUT2D eigenvalue weighted by molar-refractivity contribution is 6.30. The van der Waals surface area contributed by atoms with Crippen molar-refractivity contribution in [2.45, 2.75) is 33.2 Å². The number of anilines is 1. The van der Waals surface area contributed by atoms with Crippen LogP contribution in [0.5, 0.6) is 0 Å². The Labute approximate surface area is 142 Å². The zero-order chi connectivity index (χ0) is 16.7. The summed E-state index contributed by atoms with van der Waals surface area (Å²) in [7, 11) is 0. The minimum absolute atomic E-state index is 0.207. The van der Waals surface area contributed by atoms with E-state index in [0.29, 0.717) is 16.5 Å². The number of nitrogens with one attached hydrogen (secondary N) is 2. The Morgan fingerprint density at radius 2 is 1.87 bits per heavy atom. The van der Waals surface area contributed by atoms with Gasteiger partial charge in [0.05, 0.1) is 11.9 Å². The van der Waals surface area contributed by atoms with Crippen LogP contribution in [0.4, 0.5) is 5.95 Å². The third-order valence-electron chi connectivity index (χ3n) is 3.44. The highest BCUT2D eigenvalue weighted by Crippen LogP contribution is 2.12. The van der Waals surface area contributed by atoms with Crippen LogP contribution in [-0.4, -0.2) is 33.9 Å². The first-order chi connectivity index (χ1) is 11.1. The Morgan fingerprint density at radius 3 is 2.48 bits per heavy atom. The van der Waals surface area contributed by atoms with Crippen LogP contribution in [0.25, 0.3) is 0 Å². The second-order valence-electron chi connectivity index (χ2n) is 5.49. The maximum absolute atomic E-state index is 12.1. The highest BCUT2D eigenvalue weighted by Gasteiger charge is 2.10. The number of imidazole rings is 1. The lowest BCUT2D eigenvalue weighted by atomic mass is 10.2. The third-order valence-corrected chi connectivity index (χ3v) is 3.69. The van der Waals surface area contributed by atoms with Crippen LogP contribution in [0.3, 0.4) is 0 Å². The summed E-state index contributed by atoms with van der Waals surface area (Å²) < 4.78 is 0. The molecule has 0 aliphatic heterocycles. The summed E-state index contributed by atoms with van der Waals surface area (Å²) >= 11 is 5.82. The molecule has 2 aromatic rings. The molecule has 0 bridgehead atoms. The van der Waals surface area contributed by atoms with Crippen LogP contribution in [0.2, 0.25) is 5.02 Å². The number of hydrogen-bond acceptors (Lipinski definition) is 3. The Bertz CT molecular complexity index is 618. The molecule has 0 unspecified atom stereocenters. The number of aromatic amines is 1. The van der Waals surface area contributed by atoms with Gasteiger partial charge in [0.25, 0.3) is 5.91 Å². The molecule has 0 saturated heterocycles. The number of benzene rings is 1. The van der Waals surface area contributed by atoms with Crippen LogP contribution in [0, 0.1) is 0 Å². The molecule has 1 aromatic heterocycles. The Balaban J connectivity index is 1.96. The van der Waals surface area contributed by atoms with Gasteiger partial charge in [-0.05, 0) is 50.2 Å². The first-order valence-electron chi connectivity index (χ1n) is 7.95. The fraction of sp³-hybridized carbons (Fsp3) is 0.412. The lowest BCUT2D eigenvalue weighted by Crippen LogP contribution is -2.25. The van der Waals surface area contributed by atoms with Crippen molar-refractivity contribution in [2.75, 3.05) is 18.4 Å². The van der Waals surface area contributed by atoms with Crippen molar-refractivity contribution in [1.29, 1.82) is 0 Å². The third kappa shape index (κ3) is 5.37. The van der Waals surface area contributed by atoms with E-state index in [-0.39, 0.29) is 5.91 Å². The van der Waals surface area contributed by atoms with E-state index in [1.807, 2.05) is 0 Å². The summed E-state index contributed by atoms with van der Waals surface area (Å²) in [6.45, 7) is 7.27. The van der Waals surface area contributed by atoms with Crippen molar-refractivity contribution in [2.24, 2.45) is 0 Å². The van der Waals surface area contributed by atoms with Gasteiger partial charge >= 0.3 is 0 Å². The topological polar surface area (TPSA) is 61.0 Å². The predicted molar refractivity (Wildman–Crippen MR) is 93.9 cm³/mol. The number of nitrogens with zero attached hydrogens (tertiary/aromatic N) is 2. The number of H-pyrrole nitrogens is 1. The van der Waals surface area contributed by atoms with E-state index in [1.54, 1.807) is 30.5 Å². The SMILES string of the molecule is CCCN(CCC)Cc1cnc(NC(=O)c2ccc(Cl)cc2)[nH]1. The summed E-state index contributed by atoms with van der Waals surface area (Å²) in [5, 5.41) is 3.37. The average Bonchev–Trinajstić information content (AvgIpc) is 2.95. The van der Waals surface area contributed by atoms with Crippen LogP contribution >= 0.6 is 11.6 Å². The average molecular weight is 335 g/mol. The van der Waals surface area contributed by atoms with Gasteiger partial charge < -0.3 is 4.98 Å². The van der Waals surface area contributed by atoms with Crippen LogP contribution < -0.4 is 5.32 Å². The Morgan fingerprint density at radius 1 is 1.22 bits per heavy atom. The second-order valence-corrected chi connectivity index (χ2v) is 5.93. The van der Waals surface area contributed by atoms with Crippen LogP contribution in [-0.2, 0) is 6.54 Å². The number of carbonyl (C=O) groups is 1. The molecule has 1 heterocycles. The van der Waals surface area contributed by atoms with Gasteiger partial charge in [0.1, 0.15) is 0 Å². The van der Waals surface area contributed by atoms with E-state index in [2.05, 4.69) is 34.0 Å². The van der Waals surface area contributed by atoms with Gasteiger partial charge in [0, 0.05) is 17.1 Å². The summed E-state index contributed by atoms with van der Waals surface area (Å²) in [5.41, 5.74) is 1.55. The van der Waals surface area contributed by atoms with E-state index in [9.17, 15) is 4.79 Å². The van der Waals surface area contributed by atoms with Crippen LogP contribution in [0.15, 0.2) is 30.5 Å². The molecule has 5 nitrogen and oxygen atoms in total. The molecule has 0 saturated carbocycles. The molecule has 0 fully saturated rings. The normalized spacial score (nSPS) is 11.0. The van der Waals surface area contributed by atoms with Gasteiger partial charge in [0.15, 0.2) is 0 Å². The number of amides is 1. The van der Waals surface area contributed by atoms with E-state index in [1.165, 1.54) is 0 Å². The van der Waals surface area contributed by atoms with Gasteiger partial charge in [0.2, 0.25) is 5.95 Å². The molecule has 0 atom stereocenters. The first kappa shape index (κ1) is 17.5. The number of halogens is 1. The van der Waals surface area contributed by atoms with E-state index >= 15 is 0 Å². The quantitative estimate of drug-likeness (QED) is 0.768. The monoisotopic (exact) mass is 334 g/mol. The molecule has 2 N–H and O–H groups in total. The van der Waals surface area contributed by atoms with Gasteiger partial charge in [-0.25, -0.2) is 4.98 Å². The van der Waals surface area contributed by atoms with E-state index in [0.717, 1.165) is 38.2 Å². The minimum Gasteiger partial charge on any atom is -0.327 e. The zero-order valence-corrected chi connectivity index (χ0v) is 14.4. The zero-order valence-electron chi connectivity index (χ0n) is 13.6. The fourth-order valence-corrected chi connectivity index (χ4v) is 2.55. The minimum atomic E-state index is -0.207. The first-order valence-corrected chi connectivity index (χ1v) is 8.33. The molecule has 1 amide bonds. The predicted octanol–water partition coefficient (Wildman–Crippen LogP) is 3.94. The van der Waals surface area contributed by atoms with Crippen molar-refractivity contribution >= 4 is 23.5 Å². The smallest absolute Gasteiger partial charge is 0.257 e. The molecule has 0 aliphatic carbocycles. The number of hydrogen-bond donors (Lipinski definition) is 2. The van der Waals surface area contributed by atoms with Crippen LogP contribution in [0.1, 0.15) is 42.7 Å². The molecular weight excluding hydrogens is 312 g/mol. The largest absolute Gasteiger partial charge is 0.327 e. The molecule has 0 spiro atoms. The molecule has 23 heavy (non-hydrogen) atoms. The summed E-state index contributed by atoms with van der Waals surface area (Å²) in [6, 6.07) is 6.76. The molecule has 0 aliphatic rings. The van der Waals surface area contributed by atoms with Crippen molar-refractivity contribution in [3.8, 4) is 0 Å². The molecule has 1 aromatic carbocycles. The second kappa shape index (κ2) is 8.70. The Hall–Kier alpha value is -1.85. The standard InChI is InChI=1S/C17H23ClN4O/c1-3-9-22(10-4-2)12-15-11-19-17(20-15)21-16(23)13-5-7-14(18)8-6-13/h5-8,11H,3-4,9-10,12H2,1-2H3,(H2,19,20,21,23). The Kier molecular flexibility index (Phi) is 6.62. The van der Waals surface area contributed by atoms with Crippen molar-refractivity contribution in [3.63, 3.8) is 0 Å². The van der Waals surface area contributed by atoms with Gasteiger partial charge in [-0.1, -0.05) is 25.4 Å². The molecule has 124 valence electrons. The van der Waals surface area contributed by atoms with Gasteiger partial charge in [-0.2, -0.15) is 0 Å². The lowest BCUT2D eigenvalue weighted by molar-refractivity contribution is 0.102. The highest BCUT2D eigenvalue weighted by atomic mass is 35.5. The fourth-order valence-electron chi connectivity index (χ4n) is 2.43. The lowest BCUT2D eigenvalue weighted by Gasteiger charge is -2.19. The number of aromatic nitrogens is 2. The van der Waals surface area contributed by atoms with Crippen molar-refractivity contribution in [1.82, 2.24) is 14.9 Å². The maximum atomic E-state index is 12.1. The molecule has 0 radical (unpaired) electrons. The van der Waals surface area contributed by atoms with Crippen molar-refractivity contribution < 1.29 is 4.79 Å². The summed E-state index contributed by atoms with van der Waals surface area (Å²) in [6.07, 6.45) is 4.01. The summed E-state index contributed by atoms with van der Waals surface area (Å²) in [5.74, 6) is 0.259. The maximum Gasteiger partial charge on any atom is 0.257 e. The van der Waals surface area contributed by atoms with E-state index < -0.39 is 0 Å². The molecule has 6 heteroatoms. The van der Waals surface area contributed by atoms with Gasteiger partial charge in [-0.3, -0.25) is 15.0 Å². The van der Waals surface area contributed by atoms with Crippen molar-refractivity contribution in [3.05, 3.63) is 46.7 Å². The molecular formula is C17H23ClN4O. The van der Waals surface area contributed by atoms with Gasteiger partial charge in [-0.15, -0.1) is 0 Å². The molecule has 2 rings (SSSR count). The summed E-state index contributed by atoms with van der Waals surface area (Å²) in [4.78, 5) is 21.9. The number of rotatable bonds is 8. The number of carbonyl (C=O) groups excluding carboxylic acids is 1.